The predicted octanol–water partition coefficient (Wildman–Crippen LogP) is 3.11. The Morgan fingerprint density at radius 2 is 1.80 bits per heavy atom. The molecule has 20 heavy (non-hydrogen) atoms. The standard InChI is InChI=1S/C13H9ClN2O3S/c14-10-2-1-3-12(8-10)16-20(18,19)13-6-4-11(5-7-13)15-9-17/h1-8,16H. The molecular formula is C13H9ClN2O3S. The smallest absolute Gasteiger partial charge is 0.261 e. The molecular weight excluding hydrogens is 300 g/mol. The van der Waals surface area contributed by atoms with E-state index in [1.807, 2.05) is 0 Å². The number of isocyanates is 1. The number of nitrogens with one attached hydrogen (secondary N) is 1. The molecule has 0 bridgehead atoms. The van der Waals surface area contributed by atoms with Crippen molar-refractivity contribution >= 4 is 39.1 Å². The van der Waals surface area contributed by atoms with Crippen LogP contribution in [-0.4, -0.2) is 14.5 Å². The zero-order chi connectivity index (χ0) is 14.6. The molecule has 0 aliphatic carbocycles. The van der Waals surface area contributed by atoms with Crippen molar-refractivity contribution < 1.29 is 13.2 Å². The average molecular weight is 309 g/mol. The van der Waals surface area contributed by atoms with E-state index in [4.69, 9.17) is 11.6 Å². The van der Waals surface area contributed by atoms with Gasteiger partial charge in [0, 0.05) is 5.02 Å². The Bertz CT molecular complexity index is 766. The largest absolute Gasteiger partial charge is 0.280 e. The van der Waals surface area contributed by atoms with Gasteiger partial charge in [0.05, 0.1) is 16.3 Å². The minimum absolute atomic E-state index is 0.0577. The second kappa shape index (κ2) is 5.88. The van der Waals surface area contributed by atoms with E-state index in [0.29, 0.717) is 16.4 Å². The van der Waals surface area contributed by atoms with E-state index < -0.39 is 10.0 Å². The Kier molecular flexibility index (Phi) is 4.20. The first-order chi connectivity index (χ1) is 9.51. The van der Waals surface area contributed by atoms with Gasteiger partial charge in [0.2, 0.25) is 6.08 Å². The maximum absolute atomic E-state index is 12.1. The summed E-state index contributed by atoms with van der Waals surface area (Å²) >= 11 is 5.79. The van der Waals surface area contributed by atoms with E-state index in [2.05, 4.69) is 9.71 Å². The lowest BCUT2D eigenvalue weighted by Crippen LogP contribution is -2.12. The van der Waals surface area contributed by atoms with Gasteiger partial charge in [-0.15, -0.1) is 0 Å². The minimum Gasteiger partial charge on any atom is -0.280 e. The quantitative estimate of drug-likeness (QED) is 0.696. The lowest BCUT2D eigenvalue weighted by Gasteiger charge is -2.08. The summed E-state index contributed by atoms with van der Waals surface area (Å²) in [6, 6.07) is 11.9. The third-order valence-corrected chi connectivity index (χ3v) is 4.03. The molecule has 0 spiro atoms. The molecule has 102 valence electrons. The van der Waals surface area contributed by atoms with Crippen LogP contribution in [0.25, 0.3) is 0 Å². The van der Waals surface area contributed by atoms with Crippen LogP contribution in [0.2, 0.25) is 5.02 Å². The van der Waals surface area contributed by atoms with E-state index in [1.165, 1.54) is 36.4 Å². The molecule has 0 aliphatic heterocycles. The summed E-state index contributed by atoms with van der Waals surface area (Å²) in [6.07, 6.45) is 1.38. The number of halogens is 1. The van der Waals surface area contributed by atoms with Crippen LogP contribution in [0.15, 0.2) is 58.4 Å². The maximum Gasteiger partial charge on any atom is 0.261 e. The van der Waals surface area contributed by atoms with Crippen molar-refractivity contribution in [1.29, 1.82) is 0 Å². The Labute approximate surface area is 121 Å². The van der Waals surface area contributed by atoms with Crippen LogP contribution in [0.3, 0.4) is 0 Å². The first kappa shape index (κ1) is 14.3. The number of carbonyl (C=O) groups excluding carboxylic acids is 1. The fourth-order valence-electron chi connectivity index (χ4n) is 1.52. The van der Waals surface area contributed by atoms with Gasteiger partial charge in [-0.2, -0.15) is 4.99 Å². The monoisotopic (exact) mass is 308 g/mol. The number of hydrogen-bond donors (Lipinski definition) is 1. The zero-order valence-corrected chi connectivity index (χ0v) is 11.6. The first-order valence-corrected chi connectivity index (χ1v) is 7.34. The van der Waals surface area contributed by atoms with Crippen LogP contribution >= 0.6 is 11.6 Å². The number of sulfonamides is 1. The first-order valence-electron chi connectivity index (χ1n) is 5.47. The predicted molar refractivity (Wildman–Crippen MR) is 76.5 cm³/mol. The third kappa shape index (κ3) is 3.45. The number of benzene rings is 2. The molecule has 0 atom stereocenters. The van der Waals surface area contributed by atoms with Gasteiger partial charge in [0.15, 0.2) is 0 Å². The van der Waals surface area contributed by atoms with Crippen molar-refractivity contribution in [3.05, 3.63) is 53.6 Å². The fraction of sp³-hybridized carbons (Fsp3) is 0. The van der Waals surface area contributed by atoms with Crippen LogP contribution in [0.4, 0.5) is 11.4 Å². The number of aliphatic imine (C=N–C) groups is 1. The molecule has 0 saturated heterocycles. The highest BCUT2D eigenvalue weighted by Crippen LogP contribution is 2.21. The molecule has 0 heterocycles. The van der Waals surface area contributed by atoms with E-state index >= 15 is 0 Å². The summed E-state index contributed by atoms with van der Waals surface area (Å²) in [7, 11) is -3.71. The summed E-state index contributed by atoms with van der Waals surface area (Å²) in [5.41, 5.74) is 0.703. The molecule has 2 rings (SSSR count). The molecule has 0 radical (unpaired) electrons. The Morgan fingerprint density at radius 3 is 2.40 bits per heavy atom. The van der Waals surface area contributed by atoms with Crippen LogP contribution in [0.1, 0.15) is 0 Å². The Morgan fingerprint density at radius 1 is 1.10 bits per heavy atom. The number of nitrogens with zero attached hydrogens (tertiary/aromatic N) is 1. The van der Waals surface area contributed by atoms with Crippen LogP contribution in [0, 0.1) is 0 Å². The van der Waals surface area contributed by atoms with Gasteiger partial charge in [-0.25, -0.2) is 13.2 Å². The van der Waals surface area contributed by atoms with Crippen molar-refractivity contribution in [3.8, 4) is 0 Å². The summed E-state index contributed by atoms with van der Waals surface area (Å²) in [6.45, 7) is 0. The molecule has 2 aromatic carbocycles. The average Bonchev–Trinajstić information content (AvgIpc) is 2.39. The summed E-state index contributed by atoms with van der Waals surface area (Å²) < 4.78 is 26.6. The van der Waals surface area contributed by atoms with Crippen molar-refractivity contribution in [2.45, 2.75) is 4.90 Å². The van der Waals surface area contributed by atoms with E-state index in [-0.39, 0.29) is 4.90 Å². The molecule has 0 fully saturated rings. The fourth-order valence-corrected chi connectivity index (χ4v) is 2.76. The van der Waals surface area contributed by atoms with Gasteiger partial charge in [0.1, 0.15) is 0 Å². The van der Waals surface area contributed by atoms with Crippen molar-refractivity contribution in [2.75, 3.05) is 4.72 Å². The highest BCUT2D eigenvalue weighted by atomic mass is 35.5. The molecule has 5 nitrogen and oxygen atoms in total. The van der Waals surface area contributed by atoms with Crippen molar-refractivity contribution in [3.63, 3.8) is 0 Å². The molecule has 0 unspecified atom stereocenters. The van der Waals surface area contributed by atoms with Gasteiger partial charge in [0.25, 0.3) is 10.0 Å². The number of rotatable bonds is 4. The Hall–Kier alpha value is -2.14. The van der Waals surface area contributed by atoms with E-state index in [1.54, 1.807) is 18.2 Å². The molecule has 0 saturated carbocycles. The van der Waals surface area contributed by atoms with Gasteiger partial charge >= 0.3 is 0 Å². The van der Waals surface area contributed by atoms with E-state index in [0.717, 1.165) is 0 Å². The van der Waals surface area contributed by atoms with Gasteiger partial charge in [-0.3, -0.25) is 4.72 Å². The van der Waals surface area contributed by atoms with Crippen molar-refractivity contribution in [1.82, 2.24) is 0 Å². The molecule has 2 aromatic rings. The van der Waals surface area contributed by atoms with Gasteiger partial charge < -0.3 is 0 Å². The Balaban J connectivity index is 2.28. The topological polar surface area (TPSA) is 75.6 Å². The maximum atomic E-state index is 12.1. The summed E-state index contributed by atoms with van der Waals surface area (Å²) in [4.78, 5) is 13.5. The molecule has 0 amide bonds. The second-order valence-corrected chi connectivity index (χ2v) is 5.93. The minimum atomic E-state index is -3.71. The molecule has 0 aliphatic rings. The third-order valence-electron chi connectivity index (χ3n) is 2.40. The highest BCUT2D eigenvalue weighted by Gasteiger charge is 2.14. The summed E-state index contributed by atoms with van der Waals surface area (Å²) in [5, 5.41) is 0.431. The summed E-state index contributed by atoms with van der Waals surface area (Å²) in [5.74, 6) is 0. The second-order valence-electron chi connectivity index (χ2n) is 3.81. The lowest BCUT2D eigenvalue weighted by molar-refractivity contribution is 0.565. The van der Waals surface area contributed by atoms with Gasteiger partial charge in [-0.1, -0.05) is 17.7 Å². The van der Waals surface area contributed by atoms with Gasteiger partial charge in [-0.05, 0) is 42.5 Å². The number of anilines is 1. The van der Waals surface area contributed by atoms with Crippen LogP contribution in [-0.2, 0) is 14.8 Å². The van der Waals surface area contributed by atoms with Crippen molar-refractivity contribution in [2.24, 2.45) is 4.99 Å². The number of hydrogen-bond acceptors (Lipinski definition) is 4. The lowest BCUT2D eigenvalue weighted by atomic mass is 10.3. The normalized spacial score (nSPS) is 10.7. The van der Waals surface area contributed by atoms with E-state index in [9.17, 15) is 13.2 Å². The van der Waals surface area contributed by atoms with Crippen LogP contribution in [0.5, 0.6) is 0 Å². The molecule has 1 N–H and O–H groups in total. The highest BCUT2D eigenvalue weighted by molar-refractivity contribution is 7.92. The molecule has 0 aromatic heterocycles. The zero-order valence-electron chi connectivity index (χ0n) is 10.1. The van der Waals surface area contributed by atoms with Crippen LogP contribution < -0.4 is 4.72 Å². The molecule has 7 heteroatoms. The SMILES string of the molecule is O=C=Nc1ccc(S(=O)(=O)Nc2cccc(Cl)c2)cc1.